The molecule has 2 heteroatoms. The molecule has 0 aromatic heterocycles. The van der Waals surface area contributed by atoms with Gasteiger partial charge in [-0.05, 0) is 12.8 Å². The highest BCUT2D eigenvalue weighted by atomic mass is 16.3. The van der Waals surface area contributed by atoms with Crippen LogP contribution in [0.25, 0.3) is 0 Å². The van der Waals surface area contributed by atoms with Crippen LogP contribution in [0.1, 0.15) is 58.8 Å². The fourth-order valence-electron chi connectivity index (χ4n) is 1.47. The van der Waals surface area contributed by atoms with E-state index in [2.05, 4.69) is 13.8 Å². The first kappa shape index (κ1) is 14.7. The van der Waals surface area contributed by atoms with Crippen LogP contribution in [0.3, 0.4) is 0 Å². The largest absolute Gasteiger partial charge is 0.389 e. The molecule has 0 unspecified atom stereocenters. The topological polar surface area (TPSA) is 40.5 Å². The average molecular weight is 214 g/mol. The van der Waals surface area contributed by atoms with Gasteiger partial charge in [0.15, 0.2) is 0 Å². The fourth-order valence-corrected chi connectivity index (χ4v) is 1.47. The third-order valence-corrected chi connectivity index (χ3v) is 2.51. The van der Waals surface area contributed by atoms with Crippen molar-refractivity contribution in [1.29, 1.82) is 0 Å². The van der Waals surface area contributed by atoms with Crippen LogP contribution in [0.5, 0.6) is 0 Å². The van der Waals surface area contributed by atoms with Gasteiger partial charge in [-0.2, -0.15) is 0 Å². The molecule has 0 fully saturated rings. The van der Waals surface area contributed by atoms with E-state index in [9.17, 15) is 10.2 Å². The lowest BCUT2D eigenvalue weighted by atomic mass is 10.1. The number of hydrogen-bond acceptors (Lipinski definition) is 2. The summed E-state index contributed by atoms with van der Waals surface area (Å²) in [4.78, 5) is 0. The molecule has 2 N–H and O–H groups in total. The predicted molar refractivity (Wildman–Crippen MR) is 64.8 cm³/mol. The van der Waals surface area contributed by atoms with Gasteiger partial charge < -0.3 is 10.2 Å². The van der Waals surface area contributed by atoms with Crippen molar-refractivity contribution in [3.05, 3.63) is 12.2 Å². The Morgan fingerprint density at radius 2 is 1.27 bits per heavy atom. The van der Waals surface area contributed by atoms with Gasteiger partial charge in [-0.1, -0.05) is 58.1 Å². The Labute approximate surface area is 94.0 Å². The van der Waals surface area contributed by atoms with E-state index in [4.69, 9.17) is 0 Å². The molecule has 0 aliphatic carbocycles. The lowest BCUT2D eigenvalue weighted by Crippen LogP contribution is -2.06. The van der Waals surface area contributed by atoms with Gasteiger partial charge in [0.2, 0.25) is 0 Å². The monoisotopic (exact) mass is 214 g/mol. The molecular weight excluding hydrogens is 188 g/mol. The van der Waals surface area contributed by atoms with Crippen LogP contribution in [0.4, 0.5) is 0 Å². The van der Waals surface area contributed by atoms with Crippen LogP contribution in [0, 0.1) is 0 Å². The molecule has 0 aliphatic rings. The lowest BCUT2D eigenvalue weighted by molar-refractivity contribution is 0.192. The van der Waals surface area contributed by atoms with E-state index in [1.807, 2.05) is 0 Å². The summed E-state index contributed by atoms with van der Waals surface area (Å²) in [7, 11) is 0. The highest BCUT2D eigenvalue weighted by Crippen LogP contribution is 2.06. The molecule has 2 nitrogen and oxygen atoms in total. The van der Waals surface area contributed by atoms with Crippen LogP contribution in [-0.4, -0.2) is 22.4 Å². The van der Waals surface area contributed by atoms with E-state index in [0.717, 1.165) is 32.1 Å². The summed E-state index contributed by atoms with van der Waals surface area (Å²) in [6.45, 7) is 4.26. The molecule has 0 radical (unpaired) electrons. The van der Waals surface area contributed by atoms with Gasteiger partial charge in [0.05, 0.1) is 12.2 Å². The average Bonchev–Trinajstić information content (AvgIpc) is 2.24. The molecule has 0 spiro atoms. The Bertz CT molecular complexity index is 155. The molecule has 0 aliphatic heterocycles. The summed E-state index contributed by atoms with van der Waals surface area (Å²) < 4.78 is 0. The maximum absolute atomic E-state index is 9.55. The second kappa shape index (κ2) is 10.2. The summed E-state index contributed by atoms with van der Waals surface area (Å²) in [5.41, 5.74) is 0. The minimum Gasteiger partial charge on any atom is -0.389 e. The van der Waals surface area contributed by atoms with Crippen LogP contribution in [-0.2, 0) is 0 Å². The maximum Gasteiger partial charge on any atom is 0.0721 e. The number of aliphatic hydroxyl groups is 2. The first-order valence-corrected chi connectivity index (χ1v) is 6.25. The van der Waals surface area contributed by atoms with Crippen molar-refractivity contribution in [2.75, 3.05) is 0 Å². The van der Waals surface area contributed by atoms with Crippen molar-refractivity contribution in [3.8, 4) is 0 Å². The van der Waals surface area contributed by atoms with Crippen molar-refractivity contribution >= 4 is 0 Å². The van der Waals surface area contributed by atoms with Crippen molar-refractivity contribution in [2.45, 2.75) is 71.0 Å². The Morgan fingerprint density at radius 1 is 0.800 bits per heavy atom. The molecule has 0 saturated heterocycles. The Hall–Kier alpha value is -0.340. The van der Waals surface area contributed by atoms with E-state index >= 15 is 0 Å². The van der Waals surface area contributed by atoms with Gasteiger partial charge in [0.25, 0.3) is 0 Å². The highest BCUT2D eigenvalue weighted by Gasteiger charge is 2.01. The molecule has 0 rings (SSSR count). The number of rotatable bonds is 9. The zero-order valence-corrected chi connectivity index (χ0v) is 10.2. The van der Waals surface area contributed by atoms with Gasteiger partial charge in [-0.15, -0.1) is 0 Å². The fraction of sp³-hybridized carbons (Fsp3) is 0.846. The van der Waals surface area contributed by atoms with Gasteiger partial charge in [0, 0.05) is 0 Å². The summed E-state index contributed by atoms with van der Waals surface area (Å²) >= 11 is 0. The van der Waals surface area contributed by atoms with Crippen molar-refractivity contribution < 1.29 is 10.2 Å². The van der Waals surface area contributed by atoms with Gasteiger partial charge in [-0.25, -0.2) is 0 Å². The SMILES string of the molecule is CCCCC[C@@H](O)/C=C\[C@H](O)CCCC. The zero-order chi connectivity index (χ0) is 11.5. The smallest absolute Gasteiger partial charge is 0.0721 e. The minimum atomic E-state index is -0.384. The number of hydrogen-bond donors (Lipinski definition) is 2. The van der Waals surface area contributed by atoms with E-state index in [0.29, 0.717) is 0 Å². The van der Waals surface area contributed by atoms with E-state index in [1.165, 1.54) is 12.8 Å². The van der Waals surface area contributed by atoms with Crippen LogP contribution in [0.2, 0.25) is 0 Å². The minimum absolute atomic E-state index is 0.382. The summed E-state index contributed by atoms with van der Waals surface area (Å²) in [6.07, 6.45) is 9.85. The van der Waals surface area contributed by atoms with E-state index < -0.39 is 0 Å². The lowest BCUT2D eigenvalue weighted by Gasteiger charge is -2.07. The quantitative estimate of drug-likeness (QED) is 0.457. The third kappa shape index (κ3) is 9.95. The second-order valence-corrected chi connectivity index (χ2v) is 4.16. The first-order chi connectivity index (χ1) is 7.20. The van der Waals surface area contributed by atoms with Gasteiger partial charge >= 0.3 is 0 Å². The molecule has 0 bridgehead atoms. The summed E-state index contributed by atoms with van der Waals surface area (Å²) in [6, 6.07) is 0. The van der Waals surface area contributed by atoms with Crippen LogP contribution < -0.4 is 0 Å². The second-order valence-electron chi connectivity index (χ2n) is 4.16. The van der Waals surface area contributed by atoms with Gasteiger partial charge in [0.1, 0.15) is 0 Å². The molecule has 2 atom stereocenters. The molecular formula is C13H26O2. The van der Waals surface area contributed by atoms with E-state index in [1.54, 1.807) is 12.2 Å². The normalized spacial score (nSPS) is 15.7. The molecule has 15 heavy (non-hydrogen) atoms. The molecule has 0 aromatic rings. The summed E-state index contributed by atoms with van der Waals surface area (Å²) in [5, 5.41) is 19.1. The molecule has 0 heterocycles. The standard InChI is InChI=1S/C13H26O2/c1-3-5-7-9-13(15)11-10-12(14)8-6-4-2/h10-15H,3-9H2,1-2H3/b11-10-/t12-,13-/m1/s1. The Balaban J connectivity index is 3.54. The van der Waals surface area contributed by atoms with Crippen molar-refractivity contribution in [2.24, 2.45) is 0 Å². The van der Waals surface area contributed by atoms with Crippen LogP contribution >= 0.6 is 0 Å². The number of unbranched alkanes of at least 4 members (excludes halogenated alkanes) is 3. The predicted octanol–water partition coefficient (Wildman–Crippen LogP) is 3.03. The zero-order valence-electron chi connectivity index (χ0n) is 10.2. The first-order valence-electron chi connectivity index (χ1n) is 6.25. The number of aliphatic hydroxyl groups excluding tert-OH is 2. The summed E-state index contributed by atoms with van der Waals surface area (Å²) in [5.74, 6) is 0. The van der Waals surface area contributed by atoms with Crippen molar-refractivity contribution in [3.63, 3.8) is 0 Å². The Kier molecular flexibility index (Phi) is 9.96. The Morgan fingerprint density at radius 3 is 1.73 bits per heavy atom. The highest BCUT2D eigenvalue weighted by molar-refractivity contribution is 4.93. The molecule has 0 amide bonds. The maximum atomic E-state index is 9.55. The molecule has 90 valence electrons. The van der Waals surface area contributed by atoms with Crippen molar-refractivity contribution in [1.82, 2.24) is 0 Å². The van der Waals surface area contributed by atoms with Crippen LogP contribution in [0.15, 0.2) is 12.2 Å². The molecule has 0 saturated carbocycles. The molecule has 0 aromatic carbocycles. The van der Waals surface area contributed by atoms with Gasteiger partial charge in [-0.3, -0.25) is 0 Å². The van der Waals surface area contributed by atoms with E-state index in [-0.39, 0.29) is 12.2 Å². The third-order valence-electron chi connectivity index (χ3n) is 2.51.